The fourth-order valence-electron chi connectivity index (χ4n) is 0.889. The maximum absolute atomic E-state index is 12.8. The van der Waals surface area contributed by atoms with Crippen molar-refractivity contribution in [1.82, 2.24) is 0 Å². The number of hydrogen-bond acceptors (Lipinski definition) is 1. The molecule has 1 N–H and O–H groups in total. The molecule has 1 rings (SSSR count). The minimum atomic E-state index is -0.534. The molecule has 0 saturated heterocycles. The van der Waals surface area contributed by atoms with Crippen LogP contribution in [0.1, 0.15) is 12.5 Å². The van der Waals surface area contributed by atoms with E-state index in [9.17, 15) is 4.39 Å². The zero-order chi connectivity index (χ0) is 8.43. The molecular formula is C8H8FIO. The smallest absolute Gasteiger partial charge is 0.166 e. The third kappa shape index (κ3) is 1.83. The van der Waals surface area contributed by atoms with Gasteiger partial charge in [0.2, 0.25) is 0 Å². The van der Waals surface area contributed by atoms with Gasteiger partial charge in [-0.05, 0) is 46.7 Å². The van der Waals surface area contributed by atoms with E-state index in [-0.39, 0.29) is 5.75 Å². The Bertz CT molecular complexity index is 273. The summed E-state index contributed by atoms with van der Waals surface area (Å²) in [6, 6.07) is 3.09. The molecule has 0 aliphatic rings. The van der Waals surface area contributed by atoms with Crippen molar-refractivity contribution in [3.05, 3.63) is 27.1 Å². The first kappa shape index (κ1) is 8.77. The van der Waals surface area contributed by atoms with E-state index in [1.165, 1.54) is 6.07 Å². The largest absolute Gasteiger partial charge is 0.505 e. The highest BCUT2D eigenvalue weighted by Gasteiger charge is 2.06. The number of aryl methyl sites for hydroxylation is 1. The average Bonchev–Trinajstić information content (AvgIpc) is 1.96. The van der Waals surface area contributed by atoms with Gasteiger partial charge in [0.25, 0.3) is 0 Å². The lowest BCUT2D eigenvalue weighted by atomic mass is 10.1. The Labute approximate surface area is 78.4 Å². The van der Waals surface area contributed by atoms with Crippen molar-refractivity contribution in [2.75, 3.05) is 0 Å². The van der Waals surface area contributed by atoms with Gasteiger partial charge in [0.1, 0.15) is 0 Å². The van der Waals surface area contributed by atoms with Gasteiger partial charge in [-0.1, -0.05) is 6.92 Å². The number of phenols is 1. The van der Waals surface area contributed by atoms with Crippen LogP contribution in [0, 0.1) is 9.39 Å². The first-order valence-corrected chi connectivity index (χ1v) is 4.40. The van der Waals surface area contributed by atoms with Gasteiger partial charge in [0.15, 0.2) is 11.6 Å². The molecule has 0 bridgehead atoms. The monoisotopic (exact) mass is 266 g/mol. The molecule has 0 saturated carbocycles. The highest BCUT2D eigenvalue weighted by Crippen LogP contribution is 2.24. The second-order valence-electron chi connectivity index (χ2n) is 2.25. The number of aromatic hydroxyl groups is 1. The van der Waals surface area contributed by atoms with Gasteiger partial charge < -0.3 is 5.11 Å². The Morgan fingerprint density at radius 1 is 1.55 bits per heavy atom. The molecular weight excluding hydrogens is 258 g/mol. The van der Waals surface area contributed by atoms with Crippen molar-refractivity contribution in [1.29, 1.82) is 0 Å². The third-order valence-corrected chi connectivity index (χ3v) is 2.11. The van der Waals surface area contributed by atoms with E-state index in [4.69, 9.17) is 5.11 Å². The SMILES string of the molecule is CCc1cc(I)cc(F)c1O. The molecule has 0 aliphatic carbocycles. The first-order valence-electron chi connectivity index (χ1n) is 3.32. The fourth-order valence-corrected chi connectivity index (χ4v) is 1.54. The Morgan fingerprint density at radius 3 is 2.73 bits per heavy atom. The molecule has 0 radical (unpaired) electrons. The number of halogens is 2. The highest BCUT2D eigenvalue weighted by molar-refractivity contribution is 14.1. The minimum absolute atomic E-state index is 0.215. The van der Waals surface area contributed by atoms with E-state index in [0.29, 0.717) is 12.0 Å². The summed E-state index contributed by atoms with van der Waals surface area (Å²) in [5.74, 6) is -0.748. The molecule has 0 fully saturated rings. The van der Waals surface area contributed by atoms with Crippen molar-refractivity contribution >= 4 is 22.6 Å². The molecule has 0 atom stereocenters. The predicted octanol–water partition coefficient (Wildman–Crippen LogP) is 2.70. The average molecular weight is 266 g/mol. The molecule has 1 nitrogen and oxygen atoms in total. The summed E-state index contributed by atoms with van der Waals surface area (Å²) in [6.07, 6.45) is 0.652. The fraction of sp³-hybridized carbons (Fsp3) is 0.250. The Balaban J connectivity index is 3.24. The zero-order valence-corrected chi connectivity index (χ0v) is 8.22. The quantitative estimate of drug-likeness (QED) is 0.775. The topological polar surface area (TPSA) is 20.2 Å². The van der Waals surface area contributed by atoms with Crippen LogP contribution in [0.5, 0.6) is 5.75 Å². The summed E-state index contributed by atoms with van der Waals surface area (Å²) >= 11 is 2.02. The van der Waals surface area contributed by atoms with Crippen molar-refractivity contribution < 1.29 is 9.50 Å². The molecule has 60 valence electrons. The maximum Gasteiger partial charge on any atom is 0.166 e. The maximum atomic E-state index is 12.8. The van der Waals surface area contributed by atoms with Crippen LogP contribution in [-0.2, 0) is 6.42 Å². The number of benzene rings is 1. The third-order valence-electron chi connectivity index (χ3n) is 1.49. The lowest BCUT2D eigenvalue weighted by Gasteiger charge is -2.02. The minimum Gasteiger partial charge on any atom is -0.505 e. The van der Waals surface area contributed by atoms with Gasteiger partial charge >= 0.3 is 0 Å². The molecule has 0 spiro atoms. The predicted molar refractivity (Wildman–Crippen MR) is 50.2 cm³/mol. The standard InChI is InChI=1S/C8H8FIO/c1-2-5-3-6(10)4-7(9)8(5)11/h3-4,11H,2H2,1H3. The second kappa shape index (κ2) is 3.38. The van der Waals surface area contributed by atoms with Gasteiger partial charge in [-0.15, -0.1) is 0 Å². The van der Waals surface area contributed by atoms with Crippen LogP contribution in [0.25, 0.3) is 0 Å². The molecule has 0 aliphatic heterocycles. The van der Waals surface area contributed by atoms with Crippen molar-refractivity contribution in [3.8, 4) is 5.75 Å². The van der Waals surface area contributed by atoms with Crippen molar-refractivity contribution in [2.45, 2.75) is 13.3 Å². The lowest BCUT2D eigenvalue weighted by molar-refractivity contribution is 0.426. The van der Waals surface area contributed by atoms with Crippen LogP contribution in [0.15, 0.2) is 12.1 Å². The first-order chi connectivity index (χ1) is 5.15. The van der Waals surface area contributed by atoms with Gasteiger partial charge in [-0.3, -0.25) is 0 Å². The molecule has 11 heavy (non-hydrogen) atoms. The number of hydrogen-bond donors (Lipinski definition) is 1. The van der Waals surface area contributed by atoms with Crippen LogP contribution < -0.4 is 0 Å². The Hall–Kier alpha value is -0.320. The molecule has 0 unspecified atom stereocenters. The van der Waals surface area contributed by atoms with Gasteiger partial charge in [0.05, 0.1) is 0 Å². The van der Waals surface area contributed by atoms with E-state index >= 15 is 0 Å². The van der Waals surface area contributed by atoms with Crippen LogP contribution in [-0.4, -0.2) is 5.11 Å². The van der Waals surface area contributed by atoms with Gasteiger partial charge in [-0.2, -0.15) is 0 Å². The van der Waals surface area contributed by atoms with Gasteiger partial charge in [-0.25, -0.2) is 4.39 Å². The number of rotatable bonds is 1. The van der Waals surface area contributed by atoms with Crippen molar-refractivity contribution in [3.63, 3.8) is 0 Å². The van der Waals surface area contributed by atoms with E-state index in [2.05, 4.69) is 0 Å². The molecule has 3 heteroatoms. The van der Waals surface area contributed by atoms with Crippen LogP contribution in [0.3, 0.4) is 0 Å². The van der Waals surface area contributed by atoms with Crippen LogP contribution in [0.2, 0.25) is 0 Å². The summed E-state index contributed by atoms with van der Waals surface area (Å²) < 4.78 is 13.6. The van der Waals surface area contributed by atoms with Crippen LogP contribution >= 0.6 is 22.6 Å². The lowest BCUT2D eigenvalue weighted by Crippen LogP contribution is -1.87. The van der Waals surface area contributed by atoms with Crippen LogP contribution in [0.4, 0.5) is 4.39 Å². The highest BCUT2D eigenvalue weighted by atomic mass is 127. The van der Waals surface area contributed by atoms with E-state index < -0.39 is 5.82 Å². The molecule has 0 amide bonds. The Kier molecular flexibility index (Phi) is 2.70. The van der Waals surface area contributed by atoms with Crippen molar-refractivity contribution in [2.24, 2.45) is 0 Å². The molecule has 0 heterocycles. The summed E-state index contributed by atoms with van der Waals surface area (Å²) in [6.45, 7) is 1.88. The summed E-state index contributed by atoms with van der Waals surface area (Å²) in [7, 11) is 0. The summed E-state index contributed by atoms with van der Waals surface area (Å²) in [5.41, 5.74) is 0.661. The molecule has 0 aromatic heterocycles. The van der Waals surface area contributed by atoms with E-state index in [1.54, 1.807) is 6.07 Å². The molecule has 1 aromatic carbocycles. The zero-order valence-electron chi connectivity index (χ0n) is 6.06. The molecule has 1 aromatic rings. The number of phenolic OH excluding ortho intramolecular Hbond substituents is 1. The summed E-state index contributed by atoms with van der Waals surface area (Å²) in [5, 5.41) is 9.14. The Morgan fingerprint density at radius 2 is 2.18 bits per heavy atom. The van der Waals surface area contributed by atoms with Gasteiger partial charge in [0, 0.05) is 3.57 Å². The normalized spacial score (nSPS) is 10.1. The van der Waals surface area contributed by atoms with E-state index in [1.807, 2.05) is 29.5 Å². The summed E-state index contributed by atoms with van der Waals surface area (Å²) in [4.78, 5) is 0. The second-order valence-corrected chi connectivity index (χ2v) is 3.49. The van der Waals surface area contributed by atoms with E-state index in [0.717, 1.165) is 3.57 Å².